The van der Waals surface area contributed by atoms with Crippen LogP contribution in [0.5, 0.6) is 11.5 Å². The number of amides is 2. The van der Waals surface area contributed by atoms with Gasteiger partial charge >= 0.3 is 5.97 Å². The summed E-state index contributed by atoms with van der Waals surface area (Å²) in [6.07, 6.45) is 0. The van der Waals surface area contributed by atoms with Crippen LogP contribution < -0.4 is 14.8 Å². The van der Waals surface area contributed by atoms with Crippen molar-refractivity contribution in [2.45, 2.75) is 0 Å². The fourth-order valence-electron chi connectivity index (χ4n) is 2.32. The standard InChI is InChI=1S/C20H21FN2O6/c1-23(11-18(24)22-15-7-5-14(21)6-8-15)19(25)12-29-20(26)13-4-9-16(27-2)17(10-13)28-3/h4-10H,11-12H2,1-3H3,(H,22,24). The zero-order valence-electron chi connectivity index (χ0n) is 16.2. The summed E-state index contributed by atoms with van der Waals surface area (Å²) < 4.78 is 28.1. The molecule has 29 heavy (non-hydrogen) atoms. The number of esters is 1. The molecule has 8 nitrogen and oxygen atoms in total. The van der Waals surface area contributed by atoms with Gasteiger partial charge < -0.3 is 24.4 Å². The quantitative estimate of drug-likeness (QED) is 0.677. The molecular weight excluding hydrogens is 383 g/mol. The van der Waals surface area contributed by atoms with Crippen molar-refractivity contribution in [1.29, 1.82) is 0 Å². The number of methoxy groups -OCH3 is 2. The van der Waals surface area contributed by atoms with Crippen molar-refractivity contribution in [3.05, 3.63) is 53.8 Å². The monoisotopic (exact) mass is 404 g/mol. The minimum absolute atomic E-state index is 0.187. The Bertz CT molecular complexity index is 885. The van der Waals surface area contributed by atoms with Gasteiger partial charge in [0.05, 0.1) is 26.3 Å². The Labute approximate surface area is 167 Å². The van der Waals surface area contributed by atoms with Crippen molar-refractivity contribution in [3.63, 3.8) is 0 Å². The van der Waals surface area contributed by atoms with Crippen LogP contribution in [0.2, 0.25) is 0 Å². The van der Waals surface area contributed by atoms with E-state index in [1.165, 1.54) is 57.7 Å². The minimum Gasteiger partial charge on any atom is -0.493 e. The number of hydrogen-bond donors (Lipinski definition) is 1. The van der Waals surface area contributed by atoms with Gasteiger partial charge in [-0.3, -0.25) is 9.59 Å². The zero-order chi connectivity index (χ0) is 21.4. The molecule has 0 atom stereocenters. The van der Waals surface area contributed by atoms with E-state index in [0.29, 0.717) is 17.2 Å². The third-order valence-electron chi connectivity index (χ3n) is 3.88. The molecular formula is C20H21FN2O6. The predicted octanol–water partition coefficient (Wildman–Crippen LogP) is 2.10. The van der Waals surface area contributed by atoms with Crippen LogP contribution in [0.25, 0.3) is 0 Å². The number of nitrogens with one attached hydrogen (secondary N) is 1. The summed E-state index contributed by atoms with van der Waals surface area (Å²) in [6.45, 7) is -0.794. The highest BCUT2D eigenvalue weighted by atomic mass is 19.1. The lowest BCUT2D eigenvalue weighted by atomic mass is 10.2. The van der Waals surface area contributed by atoms with Crippen LogP contribution in [-0.2, 0) is 14.3 Å². The lowest BCUT2D eigenvalue weighted by Crippen LogP contribution is -2.37. The molecule has 0 spiro atoms. The van der Waals surface area contributed by atoms with Crippen molar-refractivity contribution < 1.29 is 33.0 Å². The summed E-state index contributed by atoms with van der Waals surface area (Å²) >= 11 is 0. The van der Waals surface area contributed by atoms with Crippen LogP contribution in [0, 0.1) is 5.82 Å². The van der Waals surface area contributed by atoms with Crippen molar-refractivity contribution >= 4 is 23.5 Å². The van der Waals surface area contributed by atoms with Crippen LogP contribution in [0.4, 0.5) is 10.1 Å². The highest BCUT2D eigenvalue weighted by molar-refractivity contribution is 5.95. The van der Waals surface area contributed by atoms with Crippen molar-refractivity contribution in [2.75, 3.05) is 39.7 Å². The molecule has 2 aromatic carbocycles. The summed E-state index contributed by atoms with van der Waals surface area (Å²) in [5.41, 5.74) is 0.587. The molecule has 0 bridgehead atoms. The van der Waals surface area contributed by atoms with Gasteiger partial charge in [-0.05, 0) is 42.5 Å². The fourth-order valence-corrected chi connectivity index (χ4v) is 2.32. The van der Waals surface area contributed by atoms with E-state index < -0.39 is 30.2 Å². The van der Waals surface area contributed by atoms with Crippen LogP contribution >= 0.6 is 0 Å². The molecule has 154 valence electrons. The van der Waals surface area contributed by atoms with Gasteiger partial charge in [0.1, 0.15) is 5.82 Å². The first-order valence-corrected chi connectivity index (χ1v) is 8.52. The number of carbonyl (C=O) groups is 3. The molecule has 0 aromatic heterocycles. The Balaban J connectivity index is 1.85. The molecule has 0 fully saturated rings. The van der Waals surface area contributed by atoms with E-state index in [9.17, 15) is 18.8 Å². The maximum absolute atomic E-state index is 12.9. The summed E-state index contributed by atoms with van der Waals surface area (Å²) in [5.74, 6) is -1.38. The molecule has 9 heteroatoms. The number of nitrogens with zero attached hydrogens (tertiary/aromatic N) is 1. The third-order valence-corrected chi connectivity index (χ3v) is 3.88. The minimum atomic E-state index is -0.719. The normalized spacial score (nSPS) is 10.1. The van der Waals surface area contributed by atoms with Crippen molar-refractivity contribution in [1.82, 2.24) is 4.90 Å². The van der Waals surface area contributed by atoms with Gasteiger partial charge in [-0.2, -0.15) is 0 Å². The van der Waals surface area contributed by atoms with Gasteiger partial charge in [-0.25, -0.2) is 9.18 Å². The Morgan fingerprint density at radius 2 is 1.66 bits per heavy atom. The molecule has 0 unspecified atom stereocenters. The second-order valence-electron chi connectivity index (χ2n) is 5.95. The second kappa shape index (κ2) is 10.1. The van der Waals surface area contributed by atoms with E-state index in [1.807, 2.05) is 0 Å². The molecule has 0 heterocycles. The number of anilines is 1. The molecule has 0 aliphatic carbocycles. The second-order valence-corrected chi connectivity index (χ2v) is 5.95. The smallest absolute Gasteiger partial charge is 0.338 e. The highest BCUT2D eigenvalue weighted by Gasteiger charge is 2.17. The number of carbonyl (C=O) groups excluding carboxylic acids is 3. The van der Waals surface area contributed by atoms with Crippen molar-refractivity contribution in [3.8, 4) is 11.5 Å². The van der Waals surface area contributed by atoms with E-state index >= 15 is 0 Å². The number of halogens is 1. The number of rotatable bonds is 8. The van der Waals surface area contributed by atoms with Gasteiger partial charge in [0.2, 0.25) is 5.91 Å². The molecule has 0 aliphatic heterocycles. The maximum Gasteiger partial charge on any atom is 0.338 e. The van der Waals surface area contributed by atoms with E-state index in [0.717, 1.165) is 4.90 Å². The SMILES string of the molecule is COc1ccc(C(=O)OCC(=O)N(C)CC(=O)Nc2ccc(F)cc2)cc1OC. The van der Waals surface area contributed by atoms with E-state index in [1.54, 1.807) is 6.07 Å². The Morgan fingerprint density at radius 1 is 1.00 bits per heavy atom. The summed E-state index contributed by atoms with van der Waals surface area (Å²) in [4.78, 5) is 37.3. The lowest BCUT2D eigenvalue weighted by Gasteiger charge is -2.17. The predicted molar refractivity (Wildman–Crippen MR) is 102 cm³/mol. The van der Waals surface area contributed by atoms with Gasteiger partial charge in [-0.1, -0.05) is 0 Å². The fraction of sp³-hybridized carbons (Fsp3) is 0.250. The maximum atomic E-state index is 12.9. The average molecular weight is 404 g/mol. The first-order valence-electron chi connectivity index (χ1n) is 8.52. The molecule has 0 radical (unpaired) electrons. The van der Waals surface area contributed by atoms with Crippen molar-refractivity contribution in [2.24, 2.45) is 0 Å². The molecule has 0 saturated heterocycles. The summed E-state index contributed by atoms with van der Waals surface area (Å²) in [5, 5.41) is 2.54. The van der Waals surface area contributed by atoms with Gasteiger partial charge in [0, 0.05) is 12.7 Å². The average Bonchev–Trinajstić information content (AvgIpc) is 2.72. The Hall–Kier alpha value is -3.62. The number of benzene rings is 2. The number of likely N-dealkylation sites (N-methyl/N-ethyl adjacent to an activating group) is 1. The largest absolute Gasteiger partial charge is 0.493 e. The van der Waals surface area contributed by atoms with Gasteiger partial charge in [-0.15, -0.1) is 0 Å². The zero-order valence-corrected chi connectivity index (χ0v) is 16.2. The van der Waals surface area contributed by atoms with Crippen LogP contribution in [0.1, 0.15) is 10.4 Å². The van der Waals surface area contributed by atoms with Gasteiger partial charge in [0.15, 0.2) is 18.1 Å². The highest BCUT2D eigenvalue weighted by Crippen LogP contribution is 2.27. The van der Waals surface area contributed by atoms with Crippen LogP contribution in [0.3, 0.4) is 0 Å². The van der Waals surface area contributed by atoms with E-state index in [-0.39, 0.29) is 12.1 Å². The summed E-state index contributed by atoms with van der Waals surface area (Å²) in [7, 11) is 4.30. The lowest BCUT2D eigenvalue weighted by molar-refractivity contribution is -0.136. The molecule has 1 N–H and O–H groups in total. The Morgan fingerprint density at radius 3 is 2.28 bits per heavy atom. The number of hydrogen-bond acceptors (Lipinski definition) is 6. The van der Waals surface area contributed by atoms with E-state index in [4.69, 9.17) is 14.2 Å². The molecule has 2 amide bonds. The summed E-state index contributed by atoms with van der Waals surface area (Å²) in [6, 6.07) is 9.68. The Kier molecular flexibility index (Phi) is 7.53. The first-order chi connectivity index (χ1) is 13.8. The van der Waals surface area contributed by atoms with Crippen LogP contribution in [-0.4, -0.2) is 57.1 Å². The molecule has 0 aliphatic rings. The van der Waals surface area contributed by atoms with Gasteiger partial charge in [0.25, 0.3) is 5.91 Å². The van der Waals surface area contributed by atoms with E-state index in [2.05, 4.69) is 5.32 Å². The molecule has 0 saturated carbocycles. The topological polar surface area (TPSA) is 94.2 Å². The van der Waals surface area contributed by atoms with Crippen LogP contribution in [0.15, 0.2) is 42.5 Å². The molecule has 2 rings (SSSR count). The molecule has 2 aromatic rings. The number of ether oxygens (including phenoxy) is 3. The first kappa shape index (κ1) is 21.7. The third kappa shape index (κ3) is 6.20.